The summed E-state index contributed by atoms with van der Waals surface area (Å²) in [5, 5.41) is 2.97. The van der Waals surface area contributed by atoms with Crippen LogP contribution < -0.4 is 15.8 Å². The number of benzene rings is 2. The first-order valence-corrected chi connectivity index (χ1v) is 9.27. The van der Waals surface area contributed by atoms with Crippen LogP contribution in [0.2, 0.25) is 0 Å². The lowest BCUT2D eigenvalue weighted by atomic mass is 9.87. The van der Waals surface area contributed by atoms with Crippen LogP contribution in [0.25, 0.3) is 0 Å². The van der Waals surface area contributed by atoms with Gasteiger partial charge in [-0.1, -0.05) is 12.1 Å². The van der Waals surface area contributed by atoms with Crippen LogP contribution in [0.1, 0.15) is 41.8 Å². The summed E-state index contributed by atoms with van der Waals surface area (Å²) < 4.78 is 19.0. The molecule has 4 rings (SSSR count). The quantitative estimate of drug-likeness (QED) is 0.795. The summed E-state index contributed by atoms with van der Waals surface area (Å²) in [5.74, 6) is 0.0250. The fourth-order valence-corrected chi connectivity index (χ4v) is 3.78. The molecule has 0 saturated carbocycles. The van der Waals surface area contributed by atoms with Crippen molar-refractivity contribution in [3.63, 3.8) is 0 Å². The molecule has 1 atom stereocenters. The lowest BCUT2D eigenvalue weighted by molar-refractivity contribution is -0.120. The predicted molar refractivity (Wildman–Crippen MR) is 102 cm³/mol. The lowest BCUT2D eigenvalue weighted by Gasteiger charge is -2.47. The second kappa shape index (κ2) is 6.82. The molecule has 0 aromatic heterocycles. The Morgan fingerprint density at radius 3 is 2.61 bits per heavy atom. The monoisotopic (exact) mass is 383 g/mol. The van der Waals surface area contributed by atoms with Gasteiger partial charge in [-0.2, -0.15) is 0 Å². The third kappa shape index (κ3) is 3.40. The number of carbonyl (C=O) groups excluding carboxylic acids is 2. The zero-order chi connectivity index (χ0) is 19.9. The van der Waals surface area contributed by atoms with E-state index in [0.29, 0.717) is 36.5 Å². The highest BCUT2D eigenvalue weighted by Crippen LogP contribution is 2.33. The minimum Gasteiger partial charge on any atom is -0.484 e. The van der Waals surface area contributed by atoms with Gasteiger partial charge in [0.05, 0.1) is 11.2 Å². The van der Waals surface area contributed by atoms with E-state index in [1.807, 2.05) is 6.92 Å². The van der Waals surface area contributed by atoms with Crippen molar-refractivity contribution in [2.24, 2.45) is 0 Å². The van der Waals surface area contributed by atoms with Crippen molar-refractivity contribution in [1.29, 1.82) is 0 Å². The summed E-state index contributed by atoms with van der Waals surface area (Å²) >= 11 is 0. The van der Waals surface area contributed by atoms with Crippen LogP contribution >= 0.6 is 0 Å². The van der Waals surface area contributed by atoms with E-state index in [4.69, 9.17) is 10.5 Å². The number of hydrogen-bond acceptors (Lipinski definition) is 4. The minimum atomic E-state index is -0.353. The molecule has 2 amide bonds. The van der Waals surface area contributed by atoms with E-state index in [1.165, 1.54) is 12.1 Å². The SMILES string of the molecule is CC(Oc1cc(C(=O)N2CC3(CCC(=O)N3)C2)ccc1N)c1ccc(F)cc1. The molecular formula is C21H22FN3O3. The summed E-state index contributed by atoms with van der Waals surface area (Å²) in [6, 6.07) is 11.0. The molecule has 2 aromatic rings. The topological polar surface area (TPSA) is 84.7 Å². The Morgan fingerprint density at radius 1 is 1.25 bits per heavy atom. The van der Waals surface area contributed by atoms with Gasteiger partial charge in [-0.25, -0.2) is 4.39 Å². The number of rotatable bonds is 4. The summed E-state index contributed by atoms with van der Waals surface area (Å²) in [5.41, 5.74) is 7.47. The molecule has 7 heteroatoms. The van der Waals surface area contributed by atoms with Crippen LogP contribution in [0.5, 0.6) is 5.75 Å². The number of nitrogens with one attached hydrogen (secondary N) is 1. The Bertz CT molecular complexity index is 923. The second-order valence-corrected chi connectivity index (χ2v) is 7.55. The molecule has 6 nitrogen and oxygen atoms in total. The zero-order valence-electron chi connectivity index (χ0n) is 15.6. The summed E-state index contributed by atoms with van der Waals surface area (Å²) in [4.78, 5) is 25.9. The van der Waals surface area contributed by atoms with Crippen molar-refractivity contribution in [2.45, 2.75) is 31.4 Å². The lowest BCUT2D eigenvalue weighted by Crippen LogP contribution is -2.68. The van der Waals surface area contributed by atoms with Crippen LogP contribution in [0, 0.1) is 5.82 Å². The van der Waals surface area contributed by atoms with Gasteiger partial charge in [0.25, 0.3) is 5.91 Å². The highest BCUT2D eigenvalue weighted by Gasteiger charge is 2.49. The molecule has 0 radical (unpaired) electrons. The van der Waals surface area contributed by atoms with Crippen LogP contribution in [-0.4, -0.2) is 35.3 Å². The number of anilines is 1. The number of nitrogen functional groups attached to an aromatic ring is 1. The Kier molecular flexibility index (Phi) is 4.45. The highest BCUT2D eigenvalue weighted by atomic mass is 19.1. The zero-order valence-corrected chi connectivity index (χ0v) is 15.6. The van der Waals surface area contributed by atoms with Crippen LogP contribution in [0.4, 0.5) is 10.1 Å². The van der Waals surface area contributed by atoms with Crippen molar-refractivity contribution in [1.82, 2.24) is 10.2 Å². The van der Waals surface area contributed by atoms with E-state index >= 15 is 0 Å². The first-order valence-electron chi connectivity index (χ1n) is 9.27. The standard InChI is InChI=1S/C21H22FN3O3/c1-13(14-2-5-16(22)6-3-14)28-18-10-15(4-7-17(18)23)20(27)25-11-21(12-25)9-8-19(26)24-21/h2-7,10,13H,8-9,11-12,23H2,1H3,(H,24,26). The smallest absolute Gasteiger partial charge is 0.254 e. The molecule has 2 saturated heterocycles. The maximum absolute atomic E-state index is 13.1. The van der Waals surface area contributed by atoms with Crippen molar-refractivity contribution in [2.75, 3.05) is 18.8 Å². The molecule has 2 aliphatic rings. The molecule has 2 aromatic carbocycles. The number of likely N-dealkylation sites (tertiary alicyclic amines) is 1. The van der Waals surface area contributed by atoms with Gasteiger partial charge >= 0.3 is 0 Å². The average molecular weight is 383 g/mol. The van der Waals surface area contributed by atoms with E-state index in [9.17, 15) is 14.0 Å². The Hall–Kier alpha value is -3.09. The maximum Gasteiger partial charge on any atom is 0.254 e. The van der Waals surface area contributed by atoms with Crippen LogP contribution in [0.3, 0.4) is 0 Å². The largest absolute Gasteiger partial charge is 0.484 e. The third-order valence-electron chi connectivity index (χ3n) is 5.41. The Labute approximate surface area is 162 Å². The van der Waals surface area contributed by atoms with Crippen molar-refractivity contribution in [3.8, 4) is 5.75 Å². The number of hydrogen-bond donors (Lipinski definition) is 2. The van der Waals surface area contributed by atoms with E-state index < -0.39 is 0 Å². The first kappa shape index (κ1) is 18.3. The van der Waals surface area contributed by atoms with Crippen molar-refractivity contribution in [3.05, 3.63) is 59.4 Å². The number of ether oxygens (including phenoxy) is 1. The Balaban J connectivity index is 1.45. The molecule has 3 N–H and O–H groups in total. The predicted octanol–water partition coefficient (Wildman–Crippen LogP) is 2.65. The van der Waals surface area contributed by atoms with Gasteiger partial charge in [-0.05, 0) is 49.2 Å². The fourth-order valence-electron chi connectivity index (χ4n) is 3.78. The van der Waals surface area contributed by atoms with Gasteiger partial charge in [0, 0.05) is 25.1 Å². The maximum atomic E-state index is 13.1. The highest BCUT2D eigenvalue weighted by molar-refractivity contribution is 5.96. The number of halogens is 1. The number of amides is 2. The third-order valence-corrected chi connectivity index (χ3v) is 5.41. The minimum absolute atomic E-state index is 0.0463. The molecule has 2 fully saturated rings. The molecule has 0 aliphatic carbocycles. The van der Waals surface area contributed by atoms with E-state index in [0.717, 1.165) is 12.0 Å². The average Bonchev–Trinajstić information content (AvgIpc) is 3.04. The number of nitrogens with zero attached hydrogens (tertiary/aromatic N) is 1. The summed E-state index contributed by atoms with van der Waals surface area (Å²) in [7, 11) is 0. The molecule has 2 aliphatic heterocycles. The second-order valence-electron chi connectivity index (χ2n) is 7.55. The molecule has 1 spiro atoms. The van der Waals surface area contributed by atoms with Crippen molar-refractivity contribution < 1.29 is 18.7 Å². The summed E-state index contributed by atoms with van der Waals surface area (Å²) in [6.45, 7) is 2.87. The molecule has 0 bridgehead atoms. The van der Waals surface area contributed by atoms with Gasteiger partial charge in [0.2, 0.25) is 5.91 Å². The van der Waals surface area contributed by atoms with Gasteiger partial charge in [0.1, 0.15) is 17.7 Å². The molecular weight excluding hydrogens is 361 g/mol. The van der Waals surface area contributed by atoms with Crippen LogP contribution in [-0.2, 0) is 4.79 Å². The van der Waals surface area contributed by atoms with E-state index in [-0.39, 0.29) is 29.3 Å². The fraction of sp³-hybridized carbons (Fsp3) is 0.333. The van der Waals surface area contributed by atoms with Crippen LogP contribution in [0.15, 0.2) is 42.5 Å². The van der Waals surface area contributed by atoms with Gasteiger partial charge < -0.3 is 20.7 Å². The number of nitrogens with two attached hydrogens (primary N) is 1. The van der Waals surface area contributed by atoms with Crippen molar-refractivity contribution >= 4 is 17.5 Å². The van der Waals surface area contributed by atoms with Gasteiger partial charge in [-0.3, -0.25) is 9.59 Å². The molecule has 1 unspecified atom stereocenters. The van der Waals surface area contributed by atoms with E-state index in [1.54, 1.807) is 35.2 Å². The van der Waals surface area contributed by atoms with E-state index in [2.05, 4.69) is 5.32 Å². The first-order chi connectivity index (χ1) is 13.3. The molecule has 28 heavy (non-hydrogen) atoms. The normalized spacial score (nSPS) is 18.5. The number of carbonyl (C=O) groups is 2. The summed E-state index contributed by atoms with van der Waals surface area (Å²) in [6.07, 6.45) is 0.929. The van der Waals surface area contributed by atoms with Gasteiger partial charge in [0.15, 0.2) is 0 Å². The Morgan fingerprint density at radius 2 is 1.96 bits per heavy atom. The molecule has 2 heterocycles. The van der Waals surface area contributed by atoms with Gasteiger partial charge in [-0.15, -0.1) is 0 Å². The molecule has 146 valence electrons.